The largest absolute Gasteiger partial charge is 0.304 e. The van der Waals surface area contributed by atoms with Crippen molar-refractivity contribution < 1.29 is 19.3 Å². The third-order valence-corrected chi connectivity index (χ3v) is 5.03. The smallest absolute Gasteiger partial charge is 0.270 e. The summed E-state index contributed by atoms with van der Waals surface area (Å²) in [6, 6.07) is 3.59. The van der Waals surface area contributed by atoms with E-state index < -0.39 is 16.7 Å². The van der Waals surface area contributed by atoms with Gasteiger partial charge in [0.05, 0.1) is 21.7 Å². The first-order valence-electron chi connectivity index (χ1n) is 8.80. The van der Waals surface area contributed by atoms with E-state index in [1.165, 1.54) is 23.5 Å². The molecule has 10 nitrogen and oxygen atoms in total. The van der Waals surface area contributed by atoms with Crippen LogP contribution in [-0.2, 0) is 11.3 Å². The second-order valence-electron chi connectivity index (χ2n) is 6.78. The second kappa shape index (κ2) is 8.45. The second-order valence-corrected chi connectivity index (χ2v) is 7.64. The lowest BCUT2D eigenvalue weighted by Crippen LogP contribution is -2.31. The number of benzene rings is 1. The highest BCUT2D eigenvalue weighted by atomic mass is 32.1. The zero-order valence-electron chi connectivity index (χ0n) is 15.9. The fraction of sp³-hybridized carbons (Fsp3) is 0.333. The van der Waals surface area contributed by atoms with E-state index in [2.05, 4.69) is 10.3 Å². The summed E-state index contributed by atoms with van der Waals surface area (Å²) >= 11 is 1.33. The number of fused-ring (bicyclic) bond motifs is 1. The number of hydrogen-bond donors (Lipinski definition) is 1. The van der Waals surface area contributed by atoms with Crippen molar-refractivity contribution >= 4 is 39.9 Å². The lowest BCUT2D eigenvalue weighted by molar-refractivity contribution is -0.384. The molecular formula is C18H19N5O5S. The number of hydrogen-bond acceptors (Lipinski definition) is 8. The first-order valence-corrected chi connectivity index (χ1v) is 9.68. The molecule has 3 amide bonds. The van der Waals surface area contributed by atoms with E-state index in [4.69, 9.17) is 0 Å². The Morgan fingerprint density at radius 3 is 2.69 bits per heavy atom. The minimum absolute atomic E-state index is 0.0184. The van der Waals surface area contributed by atoms with Gasteiger partial charge >= 0.3 is 0 Å². The maximum atomic E-state index is 12.4. The Morgan fingerprint density at radius 1 is 1.28 bits per heavy atom. The van der Waals surface area contributed by atoms with Gasteiger partial charge in [-0.25, -0.2) is 4.98 Å². The number of carbonyl (C=O) groups is 3. The average molecular weight is 417 g/mol. The molecular weight excluding hydrogens is 398 g/mol. The lowest BCUT2D eigenvalue weighted by atomic mass is 10.1. The molecule has 1 aromatic carbocycles. The molecule has 0 saturated heterocycles. The molecule has 0 atom stereocenters. The summed E-state index contributed by atoms with van der Waals surface area (Å²) in [7, 11) is 3.85. The van der Waals surface area contributed by atoms with Gasteiger partial charge in [0.25, 0.3) is 17.5 Å². The van der Waals surface area contributed by atoms with Gasteiger partial charge in [-0.3, -0.25) is 29.4 Å². The van der Waals surface area contributed by atoms with Gasteiger partial charge in [-0.2, -0.15) is 0 Å². The van der Waals surface area contributed by atoms with Crippen molar-refractivity contribution in [2.24, 2.45) is 0 Å². The minimum Gasteiger partial charge on any atom is -0.304 e. The number of carbonyl (C=O) groups excluding carboxylic acids is 3. The highest BCUT2D eigenvalue weighted by molar-refractivity contribution is 7.13. The Kier molecular flexibility index (Phi) is 5.99. The van der Waals surface area contributed by atoms with Gasteiger partial charge < -0.3 is 10.2 Å². The highest BCUT2D eigenvalue weighted by Gasteiger charge is 2.36. The van der Waals surface area contributed by atoms with Gasteiger partial charge in [-0.1, -0.05) is 0 Å². The summed E-state index contributed by atoms with van der Waals surface area (Å²) in [6.45, 7) is 0.724. The molecule has 152 valence electrons. The SMILES string of the molecule is CN(C)Cc1csc(NC(=O)CCCN2C(=O)c3ccc([N+](=O)[O-])cc3C2=O)n1. The van der Waals surface area contributed by atoms with Gasteiger partial charge in [0.2, 0.25) is 5.91 Å². The maximum Gasteiger partial charge on any atom is 0.270 e. The Hall–Kier alpha value is -3.18. The standard InChI is InChI=1S/C18H19N5O5S/c1-21(2)9-11-10-29-18(19-11)20-15(24)4-3-7-22-16(25)13-6-5-12(23(27)28)8-14(13)17(22)26/h5-6,8,10H,3-4,7,9H2,1-2H3,(H,19,20,24). The first kappa shape index (κ1) is 20.6. The number of rotatable bonds is 8. The predicted molar refractivity (Wildman–Crippen MR) is 106 cm³/mol. The number of amides is 3. The average Bonchev–Trinajstić information content (AvgIpc) is 3.18. The van der Waals surface area contributed by atoms with Crippen LogP contribution in [0, 0.1) is 10.1 Å². The number of nitrogens with zero attached hydrogens (tertiary/aromatic N) is 4. The molecule has 0 radical (unpaired) electrons. The van der Waals surface area contributed by atoms with E-state index in [1.54, 1.807) is 0 Å². The fourth-order valence-electron chi connectivity index (χ4n) is 2.94. The molecule has 1 aromatic heterocycles. The number of nitro groups is 1. The minimum atomic E-state index is -0.617. The molecule has 0 unspecified atom stereocenters. The summed E-state index contributed by atoms with van der Waals surface area (Å²) in [5.41, 5.74) is 0.768. The highest BCUT2D eigenvalue weighted by Crippen LogP contribution is 2.27. The molecule has 29 heavy (non-hydrogen) atoms. The Balaban J connectivity index is 1.53. The van der Waals surface area contributed by atoms with Crippen molar-refractivity contribution in [3.05, 3.63) is 50.5 Å². The third kappa shape index (κ3) is 4.63. The van der Waals surface area contributed by atoms with Crippen LogP contribution in [-0.4, -0.2) is 58.1 Å². The van der Waals surface area contributed by atoms with E-state index >= 15 is 0 Å². The molecule has 1 aliphatic rings. The van der Waals surface area contributed by atoms with Gasteiger partial charge in [-0.15, -0.1) is 11.3 Å². The zero-order valence-corrected chi connectivity index (χ0v) is 16.7. The van der Waals surface area contributed by atoms with E-state index in [9.17, 15) is 24.5 Å². The topological polar surface area (TPSA) is 126 Å². The van der Waals surface area contributed by atoms with Crippen LogP contribution < -0.4 is 5.32 Å². The van der Waals surface area contributed by atoms with Gasteiger partial charge in [-0.05, 0) is 26.6 Å². The molecule has 1 aliphatic heterocycles. The number of anilines is 1. The third-order valence-electron chi connectivity index (χ3n) is 4.23. The van der Waals surface area contributed by atoms with Crippen molar-refractivity contribution in [3.8, 4) is 0 Å². The normalized spacial score (nSPS) is 13.1. The van der Waals surface area contributed by atoms with Crippen molar-refractivity contribution in [2.45, 2.75) is 19.4 Å². The molecule has 2 aromatic rings. The Bertz CT molecular complexity index is 987. The van der Waals surface area contributed by atoms with E-state index in [1.807, 2.05) is 24.4 Å². The number of imide groups is 1. The summed E-state index contributed by atoms with van der Waals surface area (Å²) < 4.78 is 0. The molecule has 0 fully saturated rings. The van der Waals surface area contributed by atoms with E-state index in [-0.39, 0.29) is 42.1 Å². The van der Waals surface area contributed by atoms with Crippen LogP contribution in [0.3, 0.4) is 0 Å². The van der Waals surface area contributed by atoms with Crippen LogP contribution >= 0.6 is 11.3 Å². The van der Waals surface area contributed by atoms with Crippen LogP contribution in [0.15, 0.2) is 23.6 Å². The summed E-state index contributed by atoms with van der Waals surface area (Å²) in [4.78, 5) is 54.4. The molecule has 3 rings (SSSR count). The van der Waals surface area contributed by atoms with E-state index in [0.717, 1.165) is 16.7 Å². The number of nitrogens with one attached hydrogen (secondary N) is 1. The lowest BCUT2D eigenvalue weighted by Gasteiger charge is -2.13. The Morgan fingerprint density at radius 2 is 2.00 bits per heavy atom. The zero-order chi connectivity index (χ0) is 21.1. The quantitative estimate of drug-likeness (QED) is 0.396. The van der Waals surface area contributed by atoms with Crippen molar-refractivity contribution in [1.82, 2.24) is 14.8 Å². The molecule has 0 bridgehead atoms. The maximum absolute atomic E-state index is 12.4. The van der Waals surface area contributed by atoms with Crippen LogP contribution in [0.2, 0.25) is 0 Å². The number of non-ortho nitro benzene ring substituents is 1. The number of aromatic nitrogens is 1. The molecule has 0 spiro atoms. The van der Waals surface area contributed by atoms with Crippen LogP contribution in [0.25, 0.3) is 0 Å². The van der Waals surface area contributed by atoms with Gasteiger partial charge in [0.15, 0.2) is 5.13 Å². The van der Waals surface area contributed by atoms with Crippen LogP contribution in [0.1, 0.15) is 39.3 Å². The Labute approximate surface area is 170 Å². The number of nitro benzene ring substituents is 1. The van der Waals surface area contributed by atoms with Crippen LogP contribution in [0.5, 0.6) is 0 Å². The number of thiazole rings is 1. The molecule has 0 saturated carbocycles. The molecule has 1 N–H and O–H groups in total. The van der Waals surface area contributed by atoms with Crippen LogP contribution in [0.4, 0.5) is 10.8 Å². The van der Waals surface area contributed by atoms with Gasteiger partial charge in [0.1, 0.15) is 0 Å². The molecule has 11 heteroatoms. The van der Waals surface area contributed by atoms with Crippen molar-refractivity contribution in [1.29, 1.82) is 0 Å². The molecule has 0 aliphatic carbocycles. The summed E-state index contributed by atoms with van der Waals surface area (Å²) in [5, 5.41) is 15.9. The summed E-state index contributed by atoms with van der Waals surface area (Å²) in [5.74, 6) is -1.35. The summed E-state index contributed by atoms with van der Waals surface area (Å²) in [6.07, 6.45) is 0.380. The van der Waals surface area contributed by atoms with Gasteiger partial charge in [0, 0.05) is 37.0 Å². The van der Waals surface area contributed by atoms with Crippen molar-refractivity contribution in [2.75, 3.05) is 26.0 Å². The van der Waals surface area contributed by atoms with E-state index in [0.29, 0.717) is 11.7 Å². The fourth-order valence-corrected chi connectivity index (χ4v) is 3.65. The first-order chi connectivity index (χ1) is 13.8. The molecule has 2 heterocycles. The van der Waals surface area contributed by atoms with Crippen molar-refractivity contribution in [3.63, 3.8) is 0 Å². The predicted octanol–water partition coefficient (Wildman–Crippen LogP) is 2.13. The monoisotopic (exact) mass is 417 g/mol.